The number of rotatable bonds is 4. The molecule has 1 aromatic rings. The molecule has 1 amide bonds. The van der Waals surface area contributed by atoms with Crippen LogP contribution in [-0.2, 0) is 0 Å². The number of nitrogens with zero attached hydrogens (tertiary/aromatic N) is 1. The van der Waals surface area contributed by atoms with Crippen LogP contribution in [0.4, 0.5) is 4.79 Å². The molecular weight excluding hydrogens is 260 g/mol. The topological polar surface area (TPSA) is 82.0 Å². The van der Waals surface area contributed by atoms with Crippen molar-refractivity contribution < 1.29 is 19.7 Å². The summed E-state index contributed by atoms with van der Waals surface area (Å²) in [5, 5.41) is 21.6. The molecule has 2 rings (SSSR count). The lowest BCUT2D eigenvalue weighted by Crippen LogP contribution is -2.54. The second kappa shape index (κ2) is 6.58. The van der Waals surface area contributed by atoms with Crippen molar-refractivity contribution in [2.24, 2.45) is 0 Å². The van der Waals surface area contributed by atoms with Crippen molar-refractivity contribution in [1.82, 2.24) is 10.2 Å². The van der Waals surface area contributed by atoms with Crippen LogP contribution in [0.5, 0.6) is 5.75 Å². The van der Waals surface area contributed by atoms with Gasteiger partial charge in [0.15, 0.2) is 0 Å². The van der Waals surface area contributed by atoms with E-state index in [1.54, 1.807) is 19.1 Å². The summed E-state index contributed by atoms with van der Waals surface area (Å²) in [5.74, 6) is 0.712. The van der Waals surface area contributed by atoms with Crippen molar-refractivity contribution in [2.45, 2.75) is 19.1 Å². The van der Waals surface area contributed by atoms with Gasteiger partial charge in [-0.1, -0.05) is 12.1 Å². The van der Waals surface area contributed by atoms with Gasteiger partial charge < -0.3 is 25.2 Å². The number of aliphatic hydroxyl groups is 1. The highest BCUT2D eigenvalue weighted by Gasteiger charge is 2.22. The minimum absolute atomic E-state index is 0.00343. The summed E-state index contributed by atoms with van der Waals surface area (Å²) in [6.45, 7) is 3.71. The maximum absolute atomic E-state index is 10.9. The third-order valence-corrected chi connectivity index (χ3v) is 3.34. The first kappa shape index (κ1) is 14.6. The number of ether oxygens (including phenoxy) is 1. The molecular formula is C14H20N2O4. The monoisotopic (exact) mass is 280 g/mol. The van der Waals surface area contributed by atoms with E-state index in [0.29, 0.717) is 32.0 Å². The number of benzene rings is 1. The van der Waals surface area contributed by atoms with Gasteiger partial charge in [-0.3, -0.25) is 0 Å². The summed E-state index contributed by atoms with van der Waals surface area (Å²) in [6.07, 6.45) is -1.38. The molecule has 1 heterocycles. The molecule has 6 heteroatoms. The maximum Gasteiger partial charge on any atom is 0.407 e. The van der Waals surface area contributed by atoms with Crippen LogP contribution in [-0.4, -0.2) is 53.5 Å². The first-order valence-corrected chi connectivity index (χ1v) is 6.68. The number of nitrogens with one attached hydrogen (secondary N) is 1. The smallest absolute Gasteiger partial charge is 0.407 e. The number of carboxylic acid groups (broad SMARTS) is 1. The number of piperazine rings is 1. The second-order valence-corrected chi connectivity index (χ2v) is 4.94. The molecule has 0 bridgehead atoms. The van der Waals surface area contributed by atoms with E-state index < -0.39 is 12.2 Å². The van der Waals surface area contributed by atoms with Gasteiger partial charge in [-0.2, -0.15) is 0 Å². The number of hydrogen-bond acceptors (Lipinski definition) is 4. The zero-order valence-electron chi connectivity index (χ0n) is 11.5. The Hall–Kier alpha value is -1.79. The van der Waals surface area contributed by atoms with Crippen molar-refractivity contribution in [3.05, 3.63) is 29.8 Å². The second-order valence-electron chi connectivity index (χ2n) is 4.94. The molecule has 0 radical (unpaired) electrons. The molecule has 0 spiro atoms. The summed E-state index contributed by atoms with van der Waals surface area (Å²) < 4.78 is 5.64. The fraction of sp³-hybridized carbons (Fsp3) is 0.500. The highest BCUT2D eigenvalue weighted by Crippen LogP contribution is 2.17. The van der Waals surface area contributed by atoms with Gasteiger partial charge in [-0.15, -0.1) is 0 Å². The normalized spacial score (nSPS) is 20.5. The molecule has 0 aliphatic carbocycles. The van der Waals surface area contributed by atoms with Gasteiger partial charge in [0.25, 0.3) is 0 Å². The predicted octanol–water partition coefficient (Wildman–Crippen LogP) is 1.07. The minimum atomic E-state index is -0.891. The van der Waals surface area contributed by atoms with Crippen molar-refractivity contribution in [2.75, 3.05) is 26.2 Å². The minimum Gasteiger partial charge on any atom is -0.492 e. The highest BCUT2D eigenvalue weighted by molar-refractivity contribution is 5.65. The van der Waals surface area contributed by atoms with Gasteiger partial charge in [-0.05, 0) is 24.6 Å². The van der Waals surface area contributed by atoms with Gasteiger partial charge in [0.05, 0.1) is 12.1 Å². The van der Waals surface area contributed by atoms with Gasteiger partial charge in [0.1, 0.15) is 12.4 Å². The van der Waals surface area contributed by atoms with Crippen LogP contribution in [0.25, 0.3) is 0 Å². The molecule has 3 N–H and O–H groups in total. The molecule has 110 valence electrons. The number of aliphatic hydroxyl groups excluding tert-OH is 1. The summed E-state index contributed by atoms with van der Waals surface area (Å²) in [7, 11) is 0. The van der Waals surface area contributed by atoms with E-state index >= 15 is 0 Å². The molecule has 6 nitrogen and oxygen atoms in total. The van der Waals surface area contributed by atoms with Gasteiger partial charge >= 0.3 is 6.09 Å². The van der Waals surface area contributed by atoms with E-state index in [1.165, 1.54) is 4.90 Å². The highest BCUT2D eigenvalue weighted by atomic mass is 16.5. The molecule has 1 unspecified atom stereocenters. The van der Waals surface area contributed by atoms with E-state index in [9.17, 15) is 9.90 Å². The lowest BCUT2D eigenvalue weighted by atomic mass is 10.1. The molecule has 1 aromatic carbocycles. The Morgan fingerprint density at radius 1 is 1.50 bits per heavy atom. The molecule has 1 aliphatic rings. The fourth-order valence-electron chi connectivity index (χ4n) is 2.15. The SMILES string of the molecule is CC(O)c1ccc(OC[C@@H]2CN(C(=O)O)CCN2)cc1. The summed E-state index contributed by atoms with van der Waals surface area (Å²) >= 11 is 0. The Labute approximate surface area is 118 Å². The average molecular weight is 280 g/mol. The van der Waals surface area contributed by atoms with Gasteiger partial charge in [0.2, 0.25) is 0 Å². The average Bonchev–Trinajstić information content (AvgIpc) is 2.46. The Balaban J connectivity index is 1.84. The molecule has 2 atom stereocenters. The van der Waals surface area contributed by atoms with E-state index in [2.05, 4.69) is 5.32 Å². The van der Waals surface area contributed by atoms with Crippen LogP contribution in [0.1, 0.15) is 18.6 Å². The van der Waals surface area contributed by atoms with Crippen molar-refractivity contribution in [1.29, 1.82) is 0 Å². The molecule has 1 aliphatic heterocycles. The third-order valence-electron chi connectivity index (χ3n) is 3.34. The lowest BCUT2D eigenvalue weighted by Gasteiger charge is -2.31. The first-order chi connectivity index (χ1) is 9.56. The van der Waals surface area contributed by atoms with Crippen molar-refractivity contribution >= 4 is 6.09 Å². The zero-order valence-corrected chi connectivity index (χ0v) is 11.5. The zero-order chi connectivity index (χ0) is 14.5. The molecule has 0 saturated carbocycles. The largest absolute Gasteiger partial charge is 0.492 e. The van der Waals surface area contributed by atoms with E-state index in [0.717, 1.165) is 5.56 Å². The third kappa shape index (κ3) is 3.85. The number of carbonyl (C=O) groups is 1. The van der Waals surface area contributed by atoms with Gasteiger partial charge in [0, 0.05) is 19.6 Å². The standard InChI is InChI=1S/C14H20N2O4/c1-10(17)11-2-4-13(5-3-11)20-9-12-8-16(14(18)19)7-6-15-12/h2-5,10,12,15,17H,6-9H2,1H3,(H,18,19)/t10?,12-/m0/s1. The Morgan fingerprint density at radius 2 is 2.20 bits per heavy atom. The first-order valence-electron chi connectivity index (χ1n) is 6.68. The fourth-order valence-corrected chi connectivity index (χ4v) is 2.15. The Bertz CT molecular complexity index is 447. The molecule has 0 aromatic heterocycles. The Morgan fingerprint density at radius 3 is 2.80 bits per heavy atom. The van der Waals surface area contributed by atoms with Crippen molar-refractivity contribution in [3.63, 3.8) is 0 Å². The summed E-state index contributed by atoms with van der Waals surface area (Å²) in [5.41, 5.74) is 0.838. The van der Waals surface area contributed by atoms with Crippen LogP contribution in [0.3, 0.4) is 0 Å². The van der Waals surface area contributed by atoms with E-state index in [-0.39, 0.29) is 6.04 Å². The summed E-state index contributed by atoms with van der Waals surface area (Å²) in [6, 6.07) is 7.24. The molecule has 1 fully saturated rings. The quantitative estimate of drug-likeness (QED) is 0.768. The maximum atomic E-state index is 10.9. The van der Waals surface area contributed by atoms with Crippen LogP contribution >= 0.6 is 0 Å². The number of amides is 1. The summed E-state index contributed by atoms with van der Waals surface area (Å²) in [4.78, 5) is 12.3. The number of hydrogen-bond donors (Lipinski definition) is 3. The predicted molar refractivity (Wildman–Crippen MR) is 74.0 cm³/mol. The molecule has 20 heavy (non-hydrogen) atoms. The Kier molecular flexibility index (Phi) is 4.81. The van der Waals surface area contributed by atoms with Crippen LogP contribution in [0.15, 0.2) is 24.3 Å². The van der Waals surface area contributed by atoms with Crippen molar-refractivity contribution in [3.8, 4) is 5.75 Å². The van der Waals surface area contributed by atoms with E-state index in [1.807, 2.05) is 12.1 Å². The van der Waals surface area contributed by atoms with E-state index in [4.69, 9.17) is 9.84 Å². The van der Waals surface area contributed by atoms with Crippen LogP contribution in [0.2, 0.25) is 0 Å². The lowest BCUT2D eigenvalue weighted by molar-refractivity contribution is 0.118. The van der Waals surface area contributed by atoms with Gasteiger partial charge in [-0.25, -0.2) is 4.79 Å². The van der Waals surface area contributed by atoms with Crippen LogP contribution in [0, 0.1) is 0 Å². The molecule has 1 saturated heterocycles. The van der Waals surface area contributed by atoms with Crippen LogP contribution < -0.4 is 10.1 Å².